The van der Waals surface area contributed by atoms with Crippen molar-refractivity contribution in [3.05, 3.63) is 35.0 Å². The zero-order valence-electron chi connectivity index (χ0n) is 8.28. The van der Waals surface area contributed by atoms with E-state index in [1.54, 1.807) is 0 Å². The molecule has 15 heavy (non-hydrogen) atoms. The second-order valence-electron chi connectivity index (χ2n) is 4.11. The Morgan fingerprint density at radius 1 is 1.40 bits per heavy atom. The third-order valence-electron chi connectivity index (χ3n) is 3.11. The summed E-state index contributed by atoms with van der Waals surface area (Å²) in [7, 11) is 0. The van der Waals surface area contributed by atoms with Crippen molar-refractivity contribution in [2.75, 3.05) is 0 Å². The van der Waals surface area contributed by atoms with Gasteiger partial charge in [-0.05, 0) is 24.6 Å². The predicted molar refractivity (Wildman–Crippen MR) is 61.3 cm³/mol. The minimum Gasteiger partial charge on any atom is -0.393 e. The maximum absolute atomic E-state index is 9.60. The summed E-state index contributed by atoms with van der Waals surface area (Å²) in [5.74, 6) is 0. The standard InChI is InChI=1S/C12H12ClNO/c13-11-2-1-3-12-10(11)7-8-6-9(15)4-5-14(8)12/h1-3,7,9,15H,4-6H2. The van der Waals surface area contributed by atoms with Gasteiger partial charge in [-0.3, -0.25) is 0 Å². The van der Waals surface area contributed by atoms with Gasteiger partial charge in [0.1, 0.15) is 0 Å². The van der Waals surface area contributed by atoms with Crippen molar-refractivity contribution in [3.63, 3.8) is 0 Å². The van der Waals surface area contributed by atoms with Crippen molar-refractivity contribution in [2.24, 2.45) is 0 Å². The average Bonchev–Trinajstić information content (AvgIpc) is 2.57. The van der Waals surface area contributed by atoms with Crippen LogP contribution >= 0.6 is 11.6 Å². The van der Waals surface area contributed by atoms with Crippen LogP contribution in [-0.2, 0) is 13.0 Å². The van der Waals surface area contributed by atoms with E-state index in [0.29, 0.717) is 0 Å². The number of rotatable bonds is 0. The highest BCUT2D eigenvalue weighted by molar-refractivity contribution is 6.35. The number of aliphatic hydroxyl groups is 1. The normalized spacial score (nSPS) is 20.5. The van der Waals surface area contributed by atoms with Gasteiger partial charge in [0.2, 0.25) is 0 Å². The van der Waals surface area contributed by atoms with Gasteiger partial charge in [0.25, 0.3) is 0 Å². The number of aryl methyl sites for hydroxylation is 1. The van der Waals surface area contributed by atoms with Gasteiger partial charge in [-0.25, -0.2) is 0 Å². The molecule has 0 radical (unpaired) electrons. The minimum absolute atomic E-state index is 0.194. The van der Waals surface area contributed by atoms with E-state index in [1.807, 2.05) is 12.1 Å². The predicted octanol–water partition coefficient (Wildman–Crippen LogP) is 2.60. The number of benzene rings is 1. The smallest absolute Gasteiger partial charge is 0.0611 e. The number of aromatic nitrogens is 1. The molecule has 1 aliphatic rings. The molecule has 1 aliphatic heterocycles. The Morgan fingerprint density at radius 2 is 2.27 bits per heavy atom. The molecule has 2 nitrogen and oxygen atoms in total. The number of halogens is 1. The van der Waals surface area contributed by atoms with Crippen molar-refractivity contribution >= 4 is 22.5 Å². The van der Waals surface area contributed by atoms with Gasteiger partial charge >= 0.3 is 0 Å². The molecular weight excluding hydrogens is 210 g/mol. The lowest BCUT2D eigenvalue weighted by molar-refractivity contribution is 0.144. The summed E-state index contributed by atoms with van der Waals surface area (Å²) in [4.78, 5) is 0. The number of aliphatic hydroxyl groups excluding tert-OH is 1. The topological polar surface area (TPSA) is 25.2 Å². The van der Waals surface area contributed by atoms with Crippen molar-refractivity contribution < 1.29 is 5.11 Å². The Balaban J connectivity index is 2.27. The van der Waals surface area contributed by atoms with E-state index in [9.17, 15) is 5.11 Å². The zero-order valence-corrected chi connectivity index (χ0v) is 9.04. The van der Waals surface area contributed by atoms with Crippen molar-refractivity contribution in [1.29, 1.82) is 0 Å². The Kier molecular flexibility index (Phi) is 2.01. The quantitative estimate of drug-likeness (QED) is 0.727. The molecule has 2 aromatic rings. The van der Waals surface area contributed by atoms with Crippen LogP contribution in [0.2, 0.25) is 5.02 Å². The minimum atomic E-state index is -0.194. The summed E-state index contributed by atoms with van der Waals surface area (Å²) in [6, 6.07) is 8.07. The van der Waals surface area contributed by atoms with E-state index in [-0.39, 0.29) is 6.10 Å². The maximum atomic E-state index is 9.60. The summed E-state index contributed by atoms with van der Waals surface area (Å²) in [6.07, 6.45) is 1.38. The van der Waals surface area contributed by atoms with Crippen molar-refractivity contribution in [2.45, 2.75) is 25.5 Å². The molecule has 1 aromatic carbocycles. The largest absolute Gasteiger partial charge is 0.393 e. The second kappa shape index (κ2) is 3.26. The van der Waals surface area contributed by atoms with E-state index >= 15 is 0 Å². The zero-order chi connectivity index (χ0) is 10.4. The molecule has 0 bridgehead atoms. The highest BCUT2D eigenvalue weighted by atomic mass is 35.5. The molecule has 1 N–H and O–H groups in total. The molecule has 1 unspecified atom stereocenters. The van der Waals surface area contributed by atoms with Gasteiger partial charge in [0.05, 0.1) is 6.10 Å². The van der Waals surface area contributed by atoms with E-state index in [0.717, 1.165) is 29.8 Å². The average molecular weight is 222 g/mol. The third kappa shape index (κ3) is 1.36. The number of hydrogen-bond acceptors (Lipinski definition) is 1. The van der Waals surface area contributed by atoms with Crippen LogP contribution in [0.5, 0.6) is 0 Å². The molecule has 1 atom stereocenters. The van der Waals surface area contributed by atoms with Crippen LogP contribution in [0.25, 0.3) is 10.9 Å². The number of nitrogens with zero attached hydrogens (tertiary/aromatic N) is 1. The first-order chi connectivity index (χ1) is 7.25. The van der Waals surface area contributed by atoms with E-state index in [1.165, 1.54) is 11.2 Å². The van der Waals surface area contributed by atoms with Crippen molar-refractivity contribution in [1.82, 2.24) is 4.57 Å². The van der Waals surface area contributed by atoms with E-state index < -0.39 is 0 Å². The molecule has 1 aromatic heterocycles. The third-order valence-corrected chi connectivity index (χ3v) is 3.44. The van der Waals surface area contributed by atoms with Crippen LogP contribution in [0.1, 0.15) is 12.1 Å². The molecular formula is C12H12ClNO. The van der Waals surface area contributed by atoms with Crippen LogP contribution in [0.3, 0.4) is 0 Å². The van der Waals surface area contributed by atoms with Gasteiger partial charge in [0.15, 0.2) is 0 Å². The number of fused-ring (bicyclic) bond motifs is 3. The van der Waals surface area contributed by atoms with Gasteiger partial charge in [-0.2, -0.15) is 0 Å². The molecule has 3 rings (SSSR count). The molecule has 0 fully saturated rings. The van der Waals surface area contributed by atoms with Gasteiger partial charge in [0, 0.05) is 34.6 Å². The van der Waals surface area contributed by atoms with Crippen LogP contribution in [0.15, 0.2) is 24.3 Å². The van der Waals surface area contributed by atoms with E-state index in [2.05, 4.69) is 16.7 Å². The highest BCUT2D eigenvalue weighted by Crippen LogP contribution is 2.30. The lowest BCUT2D eigenvalue weighted by atomic mass is 10.1. The summed E-state index contributed by atoms with van der Waals surface area (Å²) in [6.45, 7) is 0.889. The summed E-state index contributed by atoms with van der Waals surface area (Å²) >= 11 is 6.14. The molecule has 0 amide bonds. The molecule has 0 saturated carbocycles. The molecule has 78 valence electrons. The van der Waals surface area contributed by atoms with E-state index in [4.69, 9.17) is 11.6 Å². The first-order valence-electron chi connectivity index (χ1n) is 5.20. The van der Waals surface area contributed by atoms with Gasteiger partial charge in [-0.15, -0.1) is 0 Å². The fourth-order valence-corrected chi connectivity index (χ4v) is 2.58. The molecule has 2 heterocycles. The van der Waals surface area contributed by atoms with Crippen LogP contribution in [0, 0.1) is 0 Å². The van der Waals surface area contributed by atoms with Gasteiger partial charge < -0.3 is 9.67 Å². The summed E-state index contributed by atoms with van der Waals surface area (Å²) in [5.41, 5.74) is 2.38. The number of hydrogen-bond donors (Lipinski definition) is 1. The summed E-state index contributed by atoms with van der Waals surface area (Å²) < 4.78 is 2.26. The van der Waals surface area contributed by atoms with Crippen LogP contribution in [-0.4, -0.2) is 15.8 Å². The highest BCUT2D eigenvalue weighted by Gasteiger charge is 2.19. The second-order valence-corrected chi connectivity index (χ2v) is 4.51. The van der Waals surface area contributed by atoms with Gasteiger partial charge in [-0.1, -0.05) is 17.7 Å². The van der Waals surface area contributed by atoms with Crippen LogP contribution < -0.4 is 0 Å². The van der Waals surface area contributed by atoms with Crippen molar-refractivity contribution in [3.8, 4) is 0 Å². The first-order valence-corrected chi connectivity index (χ1v) is 5.58. The molecule has 0 spiro atoms. The lowest BCUT2D eigenvalue weighted by Crippen LogP contribution is -2.22. The fraction of sp³-hybridized carbons (Fsp3) is 0.333. The van der Waals surface area contributed by atoms with Crippen LogP contribution in [0.4, 0.5) is 0 Å². The monoisotopic (exact) mass is 221 g/mol. The Hall–Kier alpha value is -0.990. The summed E-state index contributed by atoms with van der Waals surface area (Å²) in [5, 5.41) is 11.5. The Morgan fingerprint density at radius 3 is 3.13 bits per heavy atom. The Labute approximate surface area is 93.1 Å². The molecule has 3 heteroatoms. The fourth-order valence-electron chi connectivity index (χ4n) is 2.36. The SMILES string of the molecule is OC1CCn2c(cc3c(Cl)cccc32)C1. The molecule has 0 aliphatic carbocycles. The Bertz CT molecular complexity index is 518. The maximum Gasteiger partial charge on any atom is 0.0611 e. The lowest BCUT2D eigenvalue weighted by Gasteiger charge is -2.20. The molecule has 0 saturated heterocycles. The first kappa shape index (κ1) is 9.25.